The second kappa shape index (κ2) is 4.35. The van der Waals surface area contributed by atoms with Crippen LogP contribution in [0.15, 0.2) is 24.3 Å². The van der Waals surface area contributed by atoms with Crippen molar-refractivity contribution in [2.45, 2.75) is 25.7 Å². The molecule has 0 fully saturated rings. The van der Waals surface area contributed by atoms with E-state index < -0.39 is 17.4 Å². The van der Waals surface area contributed by atoms with Gasteiger partial charge in [0, 0.05) is 0 Å². The highest BCUT2D eigenvalue weighted by molar-refractivity contribution is 6.04. The predicted octanol–water partition coefficient (Wildman–Crippen LogP) is 1.81. The van der Waals surface area contributed by atoms with Gasteiger partial charge in [-0.3, -0.25) is 9.59 Å². The Morgan fingerprint density at radius 1 is 1.12 bits per heavy atom. The van der Waals surface area contributed by atoms with Crippen molar-refractivity contribution in [1.29, 1.82) is 0 Å². The van der Waals surface area contributed by atoms with E-state index in [1.54, 1.807) is 31.2 Å². The van der Waals surface area contributed by atoms with Crippen LogP contribution < -0.4 is 0 Å². The Morgan fingerprint density at radius 3 is 1.88 bits per heavy atom. The Bertz CT molecular complexity index is 392. The van der Waals surface area contributed by atoms with E-state index >= 15 is 0 Å². The first-order valence-corrected chi connectivity index (χ1v) is 4.99. The van der Waals surface area contributed by atoms with Crippen molar-refractivity contribution in [2.24, 2.45) is 0 Å². The number of carboxylic acids is 2. The van der Waals surface area contributed by atoms with Crippen LogP contribution in [-0.4, -0.2) is 22.2 Å². The predicted molar refractivity (Wildman–Crippen MR) is 58.4 cm³/mol. The molecule has 0 spiro atoms. The summed E-state index contributed by atoms with van der Waals surface area (Å²) < 4.78 is 0. The maximum absolute atomic E-state index is 11.2. The summed E-state index contributed by atoms with van der Waals surface area (Å²) in [7, 11) is 0. The van der Waals surface area contributed by atoms with Gasteiger partial charge in [-0.05, 0) is 18.9 Å². The number of aliphatic carboxylic acids is 2. The summed E-state index contributed by atoms with van der Waals surface area (Å²) in [4.78, 5) is 22.4. The van der Waals surface area contributed by atoms with Crippen LogP contribution in [0.2, 0.25) is 0 Å². The first kappa shape index (κ1) is 12.2. The maximum atomic E-state index is 11.2. The Hall–Kier alpha value is -1.84. The van der Waals surface area contributed by atoms with Gasteiger partial charge in [-0.15, -0.1) is 0 Å². The molecule has 0 amide bonds. The third kappa shape index (κ3) is 1.78. The average molecular weight is 222 g/mol. The molecule has 0 aliphatic carbocycles. The molecule has 16 heavy (non-hydrogen) atoms. The zero-order valence-electron chi connectivity index (χ0n) is 9.23. The van der Waals surface area contributed by atoms with Gasteiger partial charge in [-0.25, -0.2) is 0 Å². The van der Waals surface area contributed by atoms with Crippen molar-refractivity contribution in [3.63, 3.8) is 0 Å². The zero-order valence-corrected chi connectivity index (χ0v) is 9.23. The van der Waals surface area contributed by atoms with Crippen molar-refractivity contribution in [3.8, 4) is 0 Å². The molecule has 4 nitrogen and oxygen atoms in total. The molecule has 2 N–H and O–H groups in total. The van der Waals surface area contributed by atoms with Gasteiger partial charge in [0.1, 0.15) is 0 Å². The molecule has 0 unspecified atom stereocenters. The number of carboxylic acid groups (broad SMARTS) is 2. The largest absolute Gasteiger partial charge is 0.480 e. The van der Waals surface area contributed by atoms with Gasteiger partial charge in [0.25, 0.3) is 0 Å². The fourth-order valence-electron chi connectivity index (χ4n) is 1.68. The minimum Gasteiger partial charge on any atom is -0.480 e. The number of benzene rings is 1. The normalized spacial score (nSPS) is 11.1. The second-order valence-corrected chi connectivity index (χ2v) is 3.74. The highest BCUT2D eigenvalue weighted by Gasteiger charge is 2.46. The third-order valence-corrected chi connectivity index (χ3v) is 2.80. The molecule has 0 radical (unpaired) electrons. The van der Waals surface area contributed by atoms with Crippen molar-refractivity contribution < 1.29 is 19.8 Å². The van der Waals surface area contributed by atoms with E-state index in [0.29, 0.717) is 5.56 Å². The molecule has 0 heterocycles. The van der Waals surface area contributed by atoms with Crippen LogP contribution in [0.3, 0.4) is 0 Å². The van der Waals surface area contributed by atoms with E-state index in [9.17, 15) is 9.59 Å². The van der Waals surface area contributed by atoms with E-state index in [1.807, 2.05) is 6.92 Å². The highest BCUT2D eigenvalue weighted by atomic mass is 16.4. The summed E-state index contributed by atoms with van der Waals surface area (Å²) in [5.41, 5.74) is -0.571. The molecule has 1 aromatic carbocycles. The van der Waals surface area contributed by atoms with Gasteiger partial charge in [-0.1, -0.05) is 36.8 Å². The molecular weight excluding hydrogens is 208 g/mol. The molecule has 86 valence electrons. The average Bonchev–Trinajstić information content (AvgIpc) is 2.21. The molecule has 0 aliphatic heterocycles. The summed E-state index contributed by atoms with van der Waals surface area (Å²) in [5, 5.41) is 18.3. The van der Waals surface area contributed by atoms with E-state index in [2.05, 4.69) is 0 Å². The number of carbonyl (C=O) groups is 2. The van der Waals surface area contributed by atoms with E-state index in [-0.39, 0.29) is 6.42 Å². The topological polar surface area (TPSA) is 74.6 Å². The molecular formula is C12H14O4. The number of hydrogen-bond acceptors (Lipinski definition) is 2. The van der Waals surface area contributed by atoms with Crippen LogP contribution >= 0.6 is 0 Å². The lowest BCUT2D eigenvalue weighted by Gasteiger charge is -2.23. The number of aryl methyl sites for hydroxylation is 1. The lowest BCUT2D eigenvalue weighted by Crippen LogP contribution is -2.43. The maximum Gasteiger partial charge on any atom is 0.325 e. The van der Waals surface area contributed by atoms with E-state index in [4.69, 9.17) is 10.2 Å². The van der Waals surface area contributed by atoms with Gasteiger partial charge < -0.3 is 10.2 Å². The zero-order chi connectivity index (χ0) is 12.3. The van der Waals surface area contributed by atoms with Crippen molar-refractivity contribution in [1.82, 2.24) is 0 Å². The summed E-state index contributed by atoms with van der Waals surface area (Å²) in [6, 6.07) is 6.54. The summed E-state index contributed by atoms with van der Waals surface area (Å²) >= 11 is 0. The third-order valence-electron chi connectivity index (χ3n) is 2.80. The quantitative estimate of drug-likeness (QED) is 0.762. The first-order chi connectivity index (χ1) is 7.45. The minimum absolute atomic E-state index is 0.0146. The summed E-state index contributed by atoms with van der Waals surface area (Å²) in [6.45, 7) is 3.42. The molecule has 0 atom stereocenters. The SMILES string of the molecule is CCC(C(=O)O)(C(=O)O)c1ccc(C)cc1. The molecule has 0 aliphatic rings. The first-order valence-electron chi connectivity index (χ1n) is 4.99. The van der Waals surface area contributed by atoms with Gasteiger partial charge in [0.2, 0.25) is 0 Å². The monoisotopic (exact) mass is 222 g/mol. The Kier molecular flexibility index (Phi) is 3.32. The molecule has 0 aromatic heterocycles. The van der Waals surface area contributed by atoms with Gasteiger partial charge in [-0.2, -0.15) is 0 Å². The Balaban J connectivity index is 3.36. The number of hydrogen-bond donors (Lipinski definition) is 2. The van der Waals surface area contributed by atoms with Crippen LogP contribution in [-0.2, 0) is 15.0 Å². The standard InChI is InChI=1S/C12H14O4/c1-3-12(10(13)14,11(15)16)9-6-4-8(2)5-7-9/h4-7H,3H2,1-2H3,(H,13,14)(H,15,16). The molecule has 0 saturated carbocycles. The van der Waals surface area contributed by atoms with E-state index in [0.717, 1.165) is 5.56 Å². The number of rotatable bonds is 4. The second-order valence-electron chi connectivity index (χ2n) is 3.74. The van der Waals surface area contributed by atoms with Crippen LogP contribution in [0.5, 0.6) is 0 Å². The molecule has 1 aromatic rings. The fraction of sp³-hybridized carbons (Fsp3) is 0.333. The van der Waals surface area contributed by atoms with Crippen molar-refractivity contribution >= 4 is 11.9 Å². The lowest BCUT2D eigenvalue weighted by atomic mass is 9.78. The summed E-state index contributed by atoms with van der Waals surface area (Å²) in [6.07, 6.45) is 0.0146. The molecule has 1 rings (SSSR count). The van der Waals surface area contributed by atoms with Crippen LogP contribution in [0.4, 0.5) is 0 Å². The Morgan fingerprint density at radius 2 is 1.56 bits per heavy atom. The minimum atomic E-state index is -1.84. The smallest absolute Gasteiger partial charge is 0.325 e. The van der Waals surface area contributed by atoms with Crippen molar-refractivity contribution in [3.05, 3.63) is 35.4 Å². The molecule has 4 heteroatoms. The highest BCUT2D eigenvalue weighted by Crippen LogP contribution is 2.29. The van der Waals surface area contributed by atoms with Crippen molar-refractivity contribution in [2.75, 3.05) is 0 Å². The lowest BCUT2D eigenvalue weighted by molar-refractivity contribution is -0.157. The summed E-state index contributed by atoms with van der Waals surface area (Å²) in [5.74, 6) is -2.65. The fourth-order valence-corrected chi connectivity index (χ4v) is 1.68. The molecule has 0 bridgehead atoms. The van der Waals surface area contributed by atoms with Crippen LogP contribution in [0.25, 0.3) is 0 Å². The van der Waals surface area contributed by atoms with Crippen LogP contribution in [0, 0.1) is 6.92 Å². The Labute approximate surface area is 93.5 Å². The van der Waals surface area contributed by atoms with E-state index in [1.165, 1.54) is 0 Å². The van der Waals surface area contributed by atoms with Gasteiger partial charge >= 0.3 is 11.9 Å². The van der Waals surface area contributed by atoms with Gasteiger partial charge in [0.05, 0.1) is 0 Å². The molecule has 0 saturated heterocycles. The van der Waals surface area contributed by atoms with Crippen LogP contribution in [0.1, 0.15) is 24.5 Å². The van der Waals surface area contributed by atoms with Gasteiger partial charge in [0.15, 0.2) is 5.41 Å².